The van der Waals surface area contributed by atoms with Gasteiger partial charge in [0.15, 0.2) is 0 Å². The molecule has 0 spiro atoms. The first-order valence-corrected chi connectivity index (χ1v) is 7.79. The highest BCUT2D eigenvalue weighted by atomic mass is 32.2. The van der Waals surface area contributed by atoms with Crippen LogP contribution in [0.1, 0.15) is 25.0 Å². The summed E-state index contributed by atoms with van der Waals surface area (Å²) in [6.45, 7) is 4.58. The molecule has 0 atom stereocenters. The lowest BCUT2D eigenvalue weighted by Gasteiger charge is -2.16. The van der Waals surface area contributed by atoms with Crippen LogP contribution in [0.15, 0.2) is 18.2 Å². The summed E-state index contributed by atoms with van der Waals surface area (Å²) in [4.78, 5) is 0. The number of halogens is 3. The number of ether oxygens (including phenoxy) is 1. The second kappa shape index (κ2) is 7.78. The summed E-state index contributed by atoms with van der Waals surface area (Å²) in [5, 5.41) is 3.10. The lowest BCUT2D eigenvalue weighted by molar-refractivity contribution is -0.138. The minimum Gasteiger partial charge on any atom is -0.492 e. The average molecular weight is 307 g/mol. The van der Waals surface area contributed by atoms with E-state index in [1.54, 1.807) is 6.07 Å². The Morgan fingerprint density at radius 1 is 1.30 bits per heavy atom. The van der Waals surface area contributed by atoms with Gasteiger partial charge in [-0.05, 0) is 24.0 Å². The van der Waals surface area contributed by atoms with Gasteiger partial charge in [0.05, 0.1) is 12.2 Å². The van der Waals surface area contributed by atoms with Crippen LogP contribution in [0.5, 0.6) is 5.75 Å². The van der Waals surface area contributed by atoms with Crippen LogP contribution in [0.25, 0.3) is 0 Å². The van der Waals surface area contributed by atoms with Gasteiger partial charge in [-0.25, -0.2) is 0 Å². The normalized spacial score (nSPS) is 11.9. The van der Waals surface area contributed by atoms with Gasteiger partial charge in [0, 0.05) is 18.3 Å². The smallest absolute Gasteiger partial charge is 0.419 e. The van der Waals surface area contributed by atoms with E-state index in [0.717, 1.165) is 6.07 Å². The van der Waals surface area contributed by atoms with Crippen molar-refractivity contribution in [1.29, 1.82) is 0 Å². The monoisotopic (exact) mass is 307 g/mol. The third kappa shape index (κ3) is 5.63. The lowest BCUT2D eigenvalue weighted by Crippen LogP contribution is -2.22. The summed E-state index contributed by atoms with van der Waals surface area (Å²) in [5.41, 5.74) is -0.107. The van der Waals surface area contributed by atoms with Crippen molar-refractivity contribution in [2.75, 3.05) is 18.6 Å². The molecule has 2 nitrogen and oxygen atoms in total. The summed E-state index contributed by atoms with van der Waals surface area (Å²) in [7, 11) is 0. The Kier molecular flexibility index (Phi) is 6.68. The van der Waals surface area contributed by atoms with Crippen molar-refractivity contribution in [3.63, 3.8) is 0 Å². The van der Waals surface area contributed by atoms with E-state index in [1.807, 2.05) is 20.1 Å². The molecular weight excluding hydrogens is 287 g/mol. The van der Waals surface area contributed by atoms with E-state index in [0.29, 0.717) is 17.9 Å². The number of thioether (sulfide) groups is 1. The molecule has 1 aromatic rings. The van der Waals surface area contributed by atoms with Gasteiger partial charge < -0.3 is 10.1 Å². The van der Waals surface area contributed by atoms with E-state index in [4.69, 9.17) is 4.74 Å². The maximum atomic E-state index is 13.0. The van der Waals surface area contributed by atoms with E-state index in [1.165, 1.54) is 17.8 Å². The van der Waals surface area contributed by atoms with E-state index >= 15 is 0 Å². The average Bonchev–Trinajstić information content (AvgIpc) is 2.36. The first kappa shape index (κ1) is 17.2. The predicted molar refractivity (Wildman–Crippen MR) is 77.3 cm³/mol. The zero-order valence-corrected chi connectivity index (χ0v) is 12.7. The van der Waals surface area contributed by atoms with Crippen LogP contribution >= 0.6 is 11.8 Å². The summed E-state index contributed by atoms with van der Waals surface area (Å²) in [5.74, 6) is 0.563. The molecule has 6 heteroatoms. The molecular formula is C14H20F3NOS. The van der Waals surface area contributed by atoms with Gasteiger partial charge in [0.25, 0.3) is 0 Å². The Labute approximate surface area is 122 Å². The van der Waals surface area contributed by atoms with Gasteiger partial charge in [0.2, 0.25) is 0 Å². The molecule has 0 heterocycles. The Bertz CT molecular complexity index is 421. The third-order valence-electron chi connectivity index (χ3n) is 2.61. The van der Waals surface area contributed by atoms with Gasteiger partial charge in [-0.3, -0.25) is 0 Å². The summed E-state index contributed by atoms with van der Waals surface area (Å²) < 4.78 is 44.3. The van der Waals surface area contributed by atoms with Gasteiger partial charge in [0.1, 0.15) is 5.75 Å². The largest absolute Gasteiger partial charge is 0.492 e. The zero-order chi connectivity index (χ0) is 15.2. The molecule has 114 valence electrons. The summed E-state index contributed by atoms with van der Waals surface area (Å²) in [6, 6.07) is 4.45. The van der Waals surface area contributed by atoms with Gasteiger partial charge in [-0.15, -0.1) is 0 Å². The minimum atomic E-state index is -4.40. The first-order chi connectivity index (χ1) is 9.34. The van der Waals surface area contributed by atoms with E-state index < -0.39 is 11.7 Å². The minimum absolute atomic E-state index is 0.0974. The Morgan fingerprint density at radius 2 is 2.00 bits per heavy atom. The van der Waals surface area contributed by atoms with E-state index in [9.17, 15) is 13.2 Å². The van der Waals surface area contributed by atoms with Crippen molar-refractivity contribution < 1.29 is 17.9 Å². The van der Waals surface area contributed by atoms with Crippen LogP contribution in [0.2, 0.25) is 0 Å². The molecule has 0 aliphatic carbocycles. The molecule has 0 fully saturated rings. The third-order valence-corrected chi connectivity index (χ3v) is 3.18. The number of nitrogens with one attached hydrogen (secondary N) is 1. The van der Waals surface area contributed by atoms with Crippen molar-refractivity contribution in [1.82, 2.24) is 5.32 Å². The highest BCUT2D eigenvalue weighted by molar-refractivity contribution is 7.98. The molecule has 0 aliphatic heterocycles. The summed E-state index contributed by atoms with van der Waals surface area (Å²) in [6.07, 6.45) is -2.52. The number of hydrogen-bond donors (Lipinski definition) is 1. The molecule has 1 N–H and O–H groups in total. The predicted octanol–water partition coefficient (Wildman–Crippen LogP) is 3.95. The molecule has 1 aromatic carbocycles. The van der Waals surface area contributed by atoms with Crippen molar-refractivity contribution in [3.8, 4) is 5.75 Å². The number of benzene rings is 1. The van der Waals surface area contributed by atoms with Crippen LogP contribution in [-0.4, -0.2) is 24.7 Å². The topological polar surface area (TPSA) is 21.3 Å². The highest BCUT2D eigenvalue weighted by Gasteiger charge is 2.34. The van der Waals surface area contributed by atoms with Crippen LogP contribution in [0.4, 0.5) is 13.2 Å². The zero-order valence-electron chi connectivity index (χ0n) is 11.9. The fourth-order valence-corrected chi connectivity index (χ4v) is 1.84. The Morgan fingerprint density at radius 3 is 2.55 bits per heavy atom. The maximum Gasteiger partial charge on any atom is 0.419 e. The second-order valence-electron chi connectivity index (χ2n) is 4.71. The molecule has 0 unspecified atom stereocenters. The highest BCUT2D eigenvalue weighted by Crippen LogP contribution is 2.36. The maximum absolute atomic E-state index is 13.0. The molecule has 0 saturated heterocycles. The van der Waals surface area contributed by atoms with Gasteiger partial charge in [-0.2, -0.15) is 24.9 Å². The van der Waals surface area contributed by atoms with Crippen LogP contribution in [0.3, 0.4) is 0 Å². The van der Waals surface area contributed by atoms with E-state index in [-0.39, 0.29) is 18.4 Å². The molecule has 0 aromatic heterocycles. The van der Waals surface area contributed by atoms with Crippen molar-refractivity contribution >= 4 is 11.8 Å². The number of hydrogen-bond acceptors (Lipinski definition) is 3. The summed E-state index contributed by atoms with van der Waals surface area (Å²) >= 11 is 1.53. The molecule has 0 amide bonds. The van der Waals surface area contributed by atoms with Gasteiger partial charge in [-0.1, -0.05) is 19.9 Å². The van der Waals surface area contributed by atoms with Crippen LogP contribution in [0, 0.1) is 0 Å². The van der Waals surface area contributed by atoms with Crippen molar-refractivity contribution in [2.24, 2.45) is 0 Å². The molecule has 0 bridgehead atoms. The fraction of sp³-hybridized carbons (Fsp3) is 0.571. The molecule has 0 radical (unpaired) electrons. The van der Waals surface area contributed by atoms with Crippen molar-refractivity contribution in [2.45, 2.75) is 32.6 Å². The van der Waals surface area contributed by atoms with Crippen molar-refractivity contribution in [3.05, 3.63) is 29.3 Å². The number of rotatable bonds is 7. The van der Waals surface area contributed by atoms with Gasteiger partial charge >= 0.3 is 6.18 Å². The quantitative estimate of drug-likeness (QED) is 0.771. The Hall–Kier alpha value is -0.880. The molecule has 0 aliphatic rings. The molecule has 0 saturated carbocycles. The second-order valence-corrected chi connectivity index (χ2v) is 5.69. The van der Waals surface area contributed by atoms with Crippen LogP contribution < -0.4 is 10.1 Å². The standard InChI is InChI=1S/C14H20F3NOS/c1-10(2)18-9-11-4-5-13(19-6-7-20-3)12(8-11)14(15,16)17/h4-5,8,10,18H,6-7,9H2,1-3H3. The Balaban J connectivity index is 2.89. The van der Waals surface area contributed by atoms with E-state index in [2.05, 4.69) is 5.32 Å². The SMILES string of the molecule is CSCCOc1ccc(CNC(C)C)cc1C(F)(F)F. The molecule has 1 rings (SSSR count). The number of alkyl halides is 3. The first-order valence-electron chi connectivity index (χ1n) is 6.40. The molecule has 20 heavy (non-hydrogen) atoms. The lowest BCUT2D eigenvalue weighted by atomic mass is 10.1. The fourth-order valence-electron chi connectivity index (χ4n) is 1.59. The van der Waals surface area contributed by atoms with Crippen LogP contribution in [-0.2, 0) is 12.7 Å².